The van der Waals surface area contributed by atoms with Gasteiger partial charge in [0.2, 0.25) is 0 Å². The average Bonchev–Trinajstić information content (AvgIpc) is 2.10. The van der Waals surface area contributed by atoms with Gasteiger partial charge < -0.3 is 5.11 Å². The molecule has 0 saturated carbocycles. The maximum Gasteiger partial charge on any atom is 0.306 e. The number of carboxylic acid groups (broad SMARTS) is 1. The largest absolute Gasteiger partial charge is 0.481 e. The molecule has 0 unspecified atom stereocenters. The molecule has 1 aliphatic rings. The standard InChI is InChI=1S/C7H14O2Si/c1-10(2)4-3-6(5-10)7(8)9/h6H,3-5H2,1-2H3,(H,8,9)/t6-/m0/s1. The number of carbonyl (C=O) groups is 1. The van der Waals surface area contributed by atoms with Crippen LogP contribution in [0.15, 0.2) is 0 Å². The second-order valence-corrected chi connectivity index (χ2v) is 9.18. The summed E-state index contributed by atoms with van der Waals surface area (Å²) in [6.07, 6.45) is 0.925. The number of aliphatic carboxylic acids is 1. The fraction of sp³-hybridized carbons (Fsp3) is 0.857. The van der Waals surface area contributed by atoms with Gasteiger partial charge >= 0.3 is 5.97 Å². The summed E-state index contributed by atoms with van der Waals surface area (Å²) in [5, 5.41) is 8.67. The minimum Gasteiger partial charge on any atom is -0.481 e. The van der Waals surface area contributed by atoms with Crippen LogP contribution < -0.4 is 0 Å². The summed E-state index contributed by atoms with van der Waals surface area (Å²) in [5.74, 6) is -0.597. The quantitative estimate of drug-likeness (QED) is 0.591. The van der Waals surface area contributed by atoms with Crippen LogP contribution >= 0.6 is 0 Å². The molecule has 0 amide bonds. The molecule has 0 aromatic heterocycles. The van der Waals surface area contributed by atoms with Gasteiger partial charge in [-0.1, -0.05) is 19.1 Å². The number of hydrogen-bond acceptors (Lipinski definition) is 1. The molecule has 58 valence electrons. The van der Waals surface area contributed by atoms with Gasteiger partial charge in [0, 0.05) is 8.07 Å². The van der Waals surface area contributed by atoms with Crippen LogP contribution in [-0.2, 0) is 4.79 Å². The van der Waals surface area contributed by atoms with E-state index in [9.17, 15) is 4.79 Å². The normalized spacial score (nSPS) is 30.4. The Hall–Kier alpha value is -0.313. The third-order valence-corrected chi connectivity index (χ3v) is 5.56. The first-order valence-electron chi connectivity index (χ1n) is 3.74. The molecular formula is C7H14O2Si. The van der Waals surface area contributed by atoms with Gasteiger partial charge in [-0.2, -0.15) is 0 Å². The topological polar surface area (TPSA) is 37.3 Å². The molecule has 1 atom stereocenters. The summed E-state index contributed by atoms with van der Waals surface area (Å²) in [6, 6.07) is 2.19. The van der Waals surface area contributed by atoms with Crippen LogP contribution in [0.5, 0.6) is 0 Å². The van der Waals surface area contributed by atoms with Crippen molar-refractivity contribution in [3.63, 3.8) is 0 Å². The minimum absolute atomic E-state index is 0.0123. The van der Waals surface area contributed by atoms with Crippen molar-refractivity contribution < 1.29 is 9.90 Å². The van der Waals surface area contributed by atoms with Crippen molar-refractivity contribution in [2.45, 2.75) is 31.6 Å². The summed E-state index contributed by atoms with van der Waals surface area (Å²) in [4.78, 5) is 10.5. The first-order valence-corrected chi connectivity index (χ1v) is 7.15. The molecule has 1 fully saturated rings. The maximum atomic E-state index is 10.5. The zero-order valence-electron chi connectivity index (χ0n) is 6.55. The third-order valence-electron chi connectivity index (χ3n) is 2.32. The molecule has 1 rings (SSSR count). The monoisotopic (exact) mass is 158 g/mol. The summed E-state index contributed by atoms with van der Waals surface area (Å²) < 4.78 is 0. The lowest BCUT2D eigenvalue weighted by Crippen LogP contribution is -2.21. The van der Waals surface area contributed by atoms with Crippen molar-refractivity contribution in [3.8, 4) is 0 Å². The third kappa shape index (κ3) is 1.59. The summed E-state index contributed by atoms with van der Waals surface area (Å²) >= 11 is 0. The van der Waals surface area contributed by atoms with Crippen LogP contribution in [0.2, 0.25) is 25.2 Å². The van der Waals surface area contributed by atoms with Crippen molar-refractivity contribution in [2.75, 3.05) is 0 Å². The number of hydrogen-bond donors (Lipinski definition) is 1. The fourth-order valence-electron chi connectivity index (χ4n) is 1.65. The van der Waals surface area contributed by atoms with Crippen molar-refractivity contribution in [2.24, 2.45) is 5.92 Å². The Labute approximate surface area is 62.3 Å². The molecule has 3 heteroatoms. The first kappa shape index (κ1) is 7.79. The van der Waals surface area contributed by atoms with Gasteiger partial charge in [0.1, 0.15) is 0 Å². The Balaban J connectivity index is 2.51. The highest BCUT2D eigenvalue weighted by atomic mass is 28.3. The minimum atomic E-state index is -1.05. The molecule has 2 nitrogen and oxygen atoms in total. The molecule has 0 radical (unpaired) electrons. The molecule has 1 saturated heterocycles. The molecule has 1 aliphatic heterocycles. The summed E-state index contributed by atoms with van der Waals surface area (Å²) in [7, 11) is -1.05. The SMILES string of the molecule is C[Si]1(C)CC[C@H](C(=O)O)C1. The molecular weight excluding hydrogens is 144 g/mol. The van der Waals surface area contributed by atoms with Crippen molar-refractivity contribution >= 4 is 14.0 Å². The van der Waals surface area contributed by atoms with Gasteiger partial charge in [0.15, 0.2) is 0 Å². The van der Waals surface area contributed by atoms with Gasteiger partial charge in [0.05, 0.1) is 5.92 Å². The smallest absolute Gasteiger partial charge is 0.306 e. The molecule has 0 aliphatic carbocycles. The van der Waals surface area contributed by atoms with E-state index in [0.29, 0.717) is 0 Å². The maximum absolute atomic E-state index is 10.5. The highest BCUT2D eigenvalue weighted by molar-refractivity contribution is 6.78. The lowest BCUT2D eigenvalue weighted by Gasteiger charge is -2.12. The Bertz CT molecular complexity index is 154. The van der Waals surface area contributed by atoms with Gasteiger partial charge in [-0.3, -0.25) is 4.79 Å². The zero-order chi connectivity index (χ0) is 7.78. The number of carboxylic acids is 1. The van der Waals surface area contributed by atoms with Crippen LogP contribution in [0.3, 0.4) is 0 Å². The molecule has 1 heterocycles. The van der Waals surface area contributed by atoms with E-state index in [-0.39, 0.29) is 5.92 Å². The van der Waals surface area contributed by atoms with Crippen LogP contribution in [0.25, 0.3) is 0 Å². The predicted octanol–water partition coefficient (Wildman–Crippen LogP) is 1.80. The molecule has 0 aromatic carbocycles. The van der Waals surface area contributed by atoms with E-state index in [1.54, 1.807) is 0 Å². The van der Waals surface area contributed by atoms with E-state index < -0.39 is 14.0 Å². The molecule has 0 bridgehead atoms. The van der Waals surface area contributed by atoms with Crippen LogP contribution in [0, 0.1) is 5.92 Å². The molecule has 0 spiro atoms. The van der Waals surface area contributed by atoms with Crippen LogP contribution in [-0.4, -0.2) is 19.1 Å². The van der Waals surface area contributed by atoms with Crippen molar-refractivity contribution in [1.82, 2.24) is 0 Å². The van der Waals surface area contributed by atoms with Gasteiger partial charge in [0.25, 0.3) is 0 Å². The van der Waals surface area contributed by atoms with Crippen LogP contribution in [0.1, 0.15) is 6.42 Å². The Morgan fingerprint density at radius 3 is 2.40 bits per heavy atom. The molecule has 0 aromatic rings. The van der Waals surface area contributed by atoms with E-state index in [0.717, 1.165) is 12.5 Å². The lowest BCUT2D eigenvalue weighted by atomic mass is 10.1. The van der Waals surface area contributed by atoms with Gasteiger partial charge in [-0.25, -0.2) is 0 Å². The second kappa shape index (κ2) is 2.38. The Morgan fingerprint density at radius 2 is 2.20 bits per heavy atom. The average molecular weight is 158 g/mol. The van der Waals surface area contributed by atoms with E-state index in [2.05, 4.69) is 13.1 Å². The predicted molar refractivity (Wildman–Crippen MR) is 42.8 cm³/mol. The van der Waals surface area contributed by atoms with E-state index >= 15 is 0 Å². The van der Waals surface area contributed by atoms with Crippen molar-refractivity contribution in [3.05, 3.63) is 0 Å². The van der Waals surface area contributed by atoms with Crippen molar-refractivity contribution in [1.29, 1.82) is 0 Å². The Morgan fingerprint density at radius 1 is 1.60 bits per heavy atom. The Kier molecular flexibility index (Phi) is 1.85. The summed E-state index contributed by atoms with van der Waals surface area (Å²) in [6.45, 7) is 4.55. The summed E-state index contributed by atoms with van der Waals surface area (Å²) in [5.41, 5.74) is 0. The van der Waals surface area contributed by atoms with Gasteiger partial charge in [-0.15, -0.1) is 0 Å². The van der Waals surface area contributed by atoms with E-state index in [1.807, 2.05) is 0 Å². The highest BCUT2D eigenvalue weighted by Crippen LogP contribution is 2.34. The van der Waals surface area contributed by atoms with E-state index in [1.165, 1.54) is 6.04 Å². The molecule has 10 heavy (non-hydrogen) atoms. The van der Waals surface area contributed by atoms with Gasteiger partial charge in [-0.05, 0) is 12.5 Å². The fourth-order valence-corrected chi connectivity index (χ4v) is 4.69. The number of rotatable bonds is 1. The lowest BCUT2D eigenvalue weighted by molar-refractivity contribution is -0.140. The van der Waals surface area contributed by atoms with Crippen LogP contribution in [0.4, 0.5) is 0 Å². The first-order chi connectivity index (χ1) is 4.51. The van der Waals surface area contributed by atoms with E-state index in [4.69, 9.17) is 5.11 Å². The molecule has 1 N–H and O–H groups in total. The highest BCUT2D eigenvalue weighted by Gasteiger charge is 2.36. The zero-order valence-corrected chi connectivity index (χ0v) is 7.55. The second-order valence-electron chi connectivity index (χ2n) is 3.94.